The molecule has 0 radical (unpaired) electrons. The molecule has 0 saturated carbocycles. The van der Waals surface area contributed by atoms with Gasteiger partial charge in [-0.25, -0.2) is 0 Å². The van der Waals surface area contributed by atoms with E-state index in [0.29, 0.717) is 6.92 Å². The van der Waals surface area contributed by atoms with Crippen molar-refractivity contribution in [2.24, 2.45) is 11.3 Å². The summed E-state index contributed by atoms with van der Waals surface area (Å²) in [5.74, 6) is -11.5. The number of esters is 1. The van der Waals surface area contributed by atoms with Gasteiger partial charge in [0.2, 0.25) is 0 Å². The highest BCUT2D eigenvalue weighted by atomic mass is 19.4. The molecule has 4 unspecified atom stereocenters. The molecule has 1 fully saturated rings. The van der Waals surface area contributed by atoms with Crippen molar-refractivity contribution < 1.29 is 41.3 Å². The number of carbonyl (C=O) groups is 1. The fourth-order valence-electron chi connectivity index (χ4n) is 2.50. The highest BCUT2D eigenvalue weighted by Gasteiger charge is 2.84. The van der Waals surface area contributed by atoms with E-state index in [1.54, 1.807) is 6.92 Å². The Bertz CT molecular complexity index is 505. The average Bonchev–Trinajstić information content (AvgIpc) is 2.42. The molecule has 0 bridgehead atoms. The molecule has 0 aromatic heterocycles. The van der Waals surface area contributed by atoms with Gasteiger partial charge in [-0.1, -0.05) is 27.7 Å². The summed E-state index contributed by atoms with van der Waals surface area (Å²) >= 11 is 0. The first-order valence-electron chi connectivity index (χ1n) is 7.57. The van der Waals surface area contributed by atoms with Crippen LogP contribution >= 0.6 is 0 Å². The Kier molecular flexibility index (Phi) is 5.09. The van der Waals surface area contributed by atoms with Gasteiger partial charge < -0.3 is 14.6 Å². The summed E-state index contributed by atoms with van der Waals surface area (Å²) in [7, 11) is 0. The number of ether oxygens (including phenoxy) is 2. The predicted octanol–water partition coefficient (Wildman–Crippen LogP) is 3.67. The molecule has 1 heterocycles. The van der Waals surface area contributed by atoms with E-state index in [9.17, 15) is 31.9 Å². The van der Waals surface area contributed by atoms with Crippen LogP contribution in [0.3, 0.4) is 0 Å². The number of halogens is 5. The third-order valence-electron chi connectivity index (χ3n) is 5.32. The molecule has 0 aliphatic carbocycles. The van der Waals surface area contributed by atoms with Crippen LogP contribution in [-0.2, 0) is 14.3 Å². The Balaban J connectivity index is 3.53. The van der Waals surface area contributed by atoms with Gasteiger partial charge in [0.1, 0.15) is 0 Å². The largest absolute Gasteiger partial charge is 0.452 e. The maximum absolute atomic E-state index is 14.8. The fraction of sp³-hybridized carbons (Fsp3) is 0.933. The lowest BCUT2D eigenvalue weighted by Gasteiger charge is -2.59. The number of aliphatic hydroxyl groups is 1. The third-order valence-corrected chi connectivity index (χ3v) is 5.32. The van der Waals surface area contributed by atoms with Crippen molar-refractivity contribution in [2.75, 3.05) is 0 Å². The molecule has 9 heteroatoms. The van der Waals surface area contributed by atoms with E-state index in [2.05, 4.69) is 4.74 Å². The molecule has 0 aromatic rings. The normalized spacial score (nSPS) is 36.9. The number of hydrogen-bond acceptors (Lipinski definition) is 4. The highest BCUT2D eigenvalue weighted by molar-refractivity contribution is 5.72. The van der Waals surface area contributed by atoms with Crippen molar-refractivity contribution in [2.45, 2.75) is 77.6 Å². The van der Waals surface area contributed by atoms with Gasteiger partial charge in [0.05, 0.1) is 12.0 Å². The van der Waals surface area contributed by atoms with Crippen molar-refractivity contribution in [3.05, 3.63) is 0 Å². The molecule has 0 spiro atoms. The van der Waals surface area contributed by atoms with Crippen LogP contribution in [0.1, 0.15) is 48.0 Å². The van der Waals surface area contributed by atoms with Crippen molar-refractivity contribution in [1.82, 2.24) is 0 Å². The van der Waals surface area contributed by atoms with Crippen molar-refractivity contribution >= 4 is 5.97 Å². The first-order chi connectivity index (χ1) is 10.5. The summed E-state index contributed by atoms with van der Waals surface area (Å²) in [6.45, 7) is 7.23. The summed E-state index contributed by atoms with van der Waals surface area (Å²) < 4.78 is 78.3. The third kappa shape index (κ3) is 2.60. The van der Waals surface area contributed by atoms with Crippen LogP contribution in [0.25, 0.3) is 0 Å². The monoisotopic (exact) mass is 362 g/mol. The van der Waals surface area contributed by atoms with E-state index in [0.717, 1.165) is 6.92 Å². The molecule has 0 aromatic carbocycles. The molecule has 0 amide bonds. The second-order valence-electron chi connectivity index (χ2n) is 6.96. The molecule has 1 saturated heterocycles. The highest BCUT2D eigenvalue weighted by Crippen LogP contribution is 2.61. The summed E-state index contributed by atoms with van der Waals surface area (Å²) in [4.78, 5) is 12.0. The Morgan fingerprint density at radius 1 is 1.29 bits per heavy atom. The van der Waals surface area contributed by atoms with Crippen LogP contribution in [0.5, 0.6) is 0 Å². The maximum atomic E-state index is 14.8. The lowest BCUT2D eigenvalue weighted by Crippen LogP contribution is -2.79. The fourth-order valence-corrected chi connectivity index (χ4v) is 2.50. The molecular formula is C15H23F5O4. The molecule has 1 N–H and O–H groups in total. The molecule has 1 aliphatic heterocycles. The van der Waals surface area contributed by atoms with E-state index in [-0.39, 0.29) is 6.42 Å². The Morgan fingerprint density at radius 2 is 1.75 bits per heavy atom. The van der Waals surface area contributed by atoms with Gasteiger partial charge in [-0.05, 0) is 20.3 Å². The van der Waals surface area contributed by atoms with Crippen LogP contribution in [0.15, 0.2) is 0 Å². The number of alkyl halides is 5. The van der Waals surface area contributed by atoms with E-state index < -0.39 is 46.9 Å². The molecular weight excluding hydrogens is 339 g/mol. The zero-order chi connectivity index (χ0) is 19.4. The number of carbonyl (C=O) groups excluding carboxylic acids is 1. The van der Waals surface area contributed by atoms with Crippen LogP contribution in [0.2, 0.25) is 0 Å². The smallest absolute Gasteiger partial charge is 0.449 e. The molecule has 1 aliphatic rings. The first kappa shape index (κ1) is 21.1. The minimum absolute atomic E-state index is 0.260. The lowest BCUT2D eigenvalue weighted by molar-refractivity contribution is -0.499. The number of hydrogen-bond donors (Lipinski definition) is 1. The SMILES string of the molecule is CCC(C)C(=O)OC1(C)C(C)(C)C(C)OC(O)(C(F)(F)F)C1(F)F. The summed E-state index contributed by atoms with van der Waals surface area (Å²) in [6.07, 6.45) is -7.00. The van der Waals surface area contributed by atoms with Crippen molar-refractivity contribution in [1.29, 1.82) is 0 Å². The topological polar surface area (TPSA) is 55.8 Å². The quantitative estimate of drug-likeness (QED) is 0.615. The first-order valence-corrected chi connectivity index (χ1v) is 7.57. The van der Waals surface area contributed by atoms with Gasteiger partial charge in [0, 0.05) is 5.41 Å². The molecule has 1 rings (SSSR count). The summed E-state index contributed by atoms with van der Waals surface area (Å²) in [5.41, 5.74) is -4.65. The van der Waals surface area contributed by atoms with E-state index in [4.69, 9.17) is 4.74 Å². The summed E-state index contributed by atoms with van der Waals surface area (Å²) in [6, 6.07) is 0. The van der Waals surface area contributed by atoms with Crippen LogP contribution in [0.4, 0.5) is 22.0 Å². The standard InChI is InChI=1S/C15H23F5O4/c1-7-8(2)10(21)24-12(6)11(4,5)9(3)23-14(22,13(12,16)17)15(18,19)20/h8-9,22H,7H2,1-6H3. The van der Waals surface area contributed by atoms with Gasteiger partial charge >= 0.3 is 23.9 Å². The minimum Gasteiger partial charge on any atom is -0.452 e. The average molecular weight is 362 g/mol. The molecule has 4 nitrogen and oxygen atoms in total. The Labute approximate surface area is 137 Å². The minimum atomic E-state index is -5.79. The Morgan fingerprint density at radius 3 is 2.12 bits per heavy atom. The predicted molar refractivity (Wildman–Crippen MR) is 74.2 cm³/mol. The van der Waals surface area contributed by atoms with Crippen LogP contribution in [0, 0.1) is 11.3 Å². The van der Waals surface area contributed by atoms with E-state index in [1.165, 1.54) is 20.8 Å². The van der Waals surface area contributed by atoms with Crippen molar-refractivity contribution in [3.8, 4) is 0 Å². The van der Waals surface area contributed by atoms with Crippen LogP contribution < -0.4 is 0 Å². The maximum Gasteiger partial charge on any atom is 0.449 e. The van der Waals surface area contributed by atoms with Gasteiger partial charge in [-0.15, -0.1) is 0 Å². The zero-order valence-electron chi connectivity index (χ0n) is 14.4. The van der Waals surface area contributed by atoms with E-state index in [1.807, 2.05) is 0 Å². The lowest BCUT2D eigenvalue weighted by atomic mass is 9.64. The molecule has 24 heavy (non-hydrogen) atoms. The van der Waals surface area contributed by atoms with Crippen LogP contribution in [-0.4, -0.2) is 40.7 Å². The number of rotatable bonds is 3. The molecule has 142 valence electrons. The van der Waals surface area contributed by atoms with Gasteiger partial charge in [-0.2, -0.15) is 22.0 Å². The van der Waals surface area contributed by atoms with Gasteiger partial charge in [-0.3, -0.25) is 4.79 Å². The second-order valence-corrected chi connectivity index (χ2v) is 6.96. The Hall–Kier alpha value is -0.960. The van der Waals surface area contributed by atoms with Crippen molar-refractivity contribution in [3.63, 3.8) is 0 Å². The molecule has 4 atom stereocenters. The zero-order valence-corrected chi connectivity index (χ0v) is 14.4. The summed E-state index contributed by atoms with van der Waals surface area (Å²) in [5, 5.41) is 9.69. The second kappa shape index (κ2) is 5.79. The van der Waals surface area contributed by atoms with Gasteiger partial charge in [0.25, 0.3) is 0 Å². The van der Waals surface area contributed by atoms with Gasteiger partial charge in [0.15, 0.2) is 5.60 Å². The van der Waals surface area contributed by atoms with E-state index >= 15 is 0 Å².